The van der Waals surface area contributed by atoms with E-state index in [2.05, 4.69) is 0 Å². The van der Waals surface area contributed by atoms with Gasteiger partial charge in [0.1, 0.15) is 0 Å². The van der Waals surface area contributed by atoms with Crippen LogP contribution in [0.25, 0.3) is 0 Å². The molecule has 0 atom stereocenters. The molecule has 0 spiro atoms. The molecule has 0 saturated heterocycles. The fourth-order valence-corrected chi connectivity index (χ4v) is 4.19. The molecule has 0 heterocycles. The van der Waals surface area contributed by atoms with Crippen molar-refractivity contribution in [2.45, 2.75) is 0 Å². The van der Waals surface area contributed by atoms with Gasteiger partial charge in [-0.25, -0.2) is 0 Å². The maximum atomic E-state index is 5.09. The summed E-state index contributed by atoms with van der Waals surface area (Å²) in [5, 5.41) is 0. The molecule has 0 unspecified atom stereocenters. The van der Waals surface area contributed by atoms with Gasteiger partial charge < -0.3 is 0 Å². The van der Waals surface area contributed by atoms with Crippen molar-refractivity contribution < 1.29 is 65.3 Å². The van der Waals surface area contributed by atoms with Gasteiger partial charge in [0.05, 0.1) is 0 Å². The molecule has 8 aromatic rings. The van der Waals surface area contributed by atoms with Crippen LogP contribution >= 0.6 is 0 Å². The molecule has 0 aliphatic carbocycles. The average Bonchev–Trinajstić information content (AvgIpc) is 3.30. The first-order chi connectivity index (χ1) is 27.8. The SMILES string of the molecule is [Zr].c1ccc(OOc2ccccc2)cc1.c1ccc(OOc2ccccc2)cc1.c1ccc(OOc2ccccc2)cc1.c1ccc(OOc2ccccc2)cc1. The Morgan fingerprint density at radius 1 is 0.140 bits per heavy atom. The Hall–Kier alpha value is -6.96. The smallest absolute Gasteiger partial charge is 0.178 e. The normalized spacial score (nSPS) is 9.26. The minimum Gasteiger partial charge on any atom is -0.290 e. The van der Waals surface area contributed by atoms with E-state index in [1.165, 1.54) is 0 Å². The third-order valence-electron chi connectivity index (χ3n) is 6.88. The van der Waals surface area contributed by atoms with E-state index >= 15 is 0 Å². The molecule has 0 bridgehead atoms. The molecular weight excluding hydrogens is 796 g/mol. The van der Waals surface area contributed by atoms with Crippen LogP contribution in [0, 0.1) is 0 Å². The quantitative estimate of drug-likeness (QED) is 0.0890. The van der Waals surface area contributed by atoms with Crippen molar-refractivity contribution in [3.63, 3.8) is 0 Å². The van der Waals surface area contributed by atoms with Crippen LogP contribution in [0.2, 0.25) is 0 Å². The van der Waals surface area contributed by atoms with Gasteiger partial charge in [-0.2, -0.15) is 0 Å². The zero-order chi connectivity index (χ0) is 38.6. The van der Waals surface area contributed by atoms with Gasteiger partial charge in [-0.05, 0) is 97.1 Å². The summed E-state index contributed by atoms with van der Waals surface area (Å²) in [6.07, 6.45) is 0. The predicted molar refractivity (Wildman–Crippen MR) is 217 cm³/mol. The number of para-hydroxylation sites is 8. The Morgan fingerprint density at radius 3 is 0.316 bits per heavy atom. The average molecular weight is 836 g/mol. The summed E-state index contributed by atoms with van der Waals surface area (Å²) in [5.41, 5.74) is 0. The summed E-state index contributed by atoms with van der Waals surface area (Å²) in [5.74, 6) is 5.53. The van der Waals surface area contributed by atoms with Crippen LogP contribution in [0.5, 0.6) is 46.0 Å². The fraction of sp³-hybridized carbons (Fsp3) is 0. The molecule has 0 radical (unpaired) electrons. The maximum Gasteiger partial charge on any atom is 0.178 e. The molecule has 9 heteroatoms. The van der Waals surface area contributed by atoms with E-state index < -0.39 is 0 Å². The maximum absolute atomic E-state index is 5.09. The molecule has 0 N–H and O–H groups in total. The van der Waals surface area contributed by atoms with Gasteiger partial charge in [0.25, 0.3) is 0 Å². The summed E-state index contributed by atoms with van der Waals surface area (Å²) in [6, 6.07) is 75.1. The molecule has 57 heavy (non-hydrogen) atoms. The molecule has 0 aliphatic rings. The first kappa shape index (κ1) is 42.8. The summed E-state index contributed by atoms with van der Waals surface area (Å²) >= 11 is 0. The van der Waals surface area contributed by atoms with Crippen molar-refractivity contribution in [3.8, 4) is 46.0 Å². The second-order valence-electron chi connectivity index (χ2n) is 11.2. The van der Waals surface area contributed by atoms with E-state index in [0.717, 1.165) is 0 Å². The van der Waals surface area contributed by atoms with E-state index in [1.807, 2.05) is 243 Å². The molecule has 0 amide bonds. The molecule has 284 valence electrons. The second-order valence-corrected chi connectivity index (χ2v) is 11.2. The van der Waals surface area contributed by atoms with Gasteiger partial charge in [-0.1, -0.05) is 146 Å². The molecular formula is C48H40O8Zr. The Bertz CT molecular complexity index is 1650. The van der Waals surface area contributed by atoms with Crippen molar-refractivity contribution >= 4 is 0 Å². The largest absolute Gasteiger partial charge is 0.290 e. The van der Waals surface area contributed by atoms with E-state index in [4.69, 9.17) is 39.1 Å². The number of hydrogen-bond donors (Lipinski definition) is 0. The minimum atomic E-state index is 0. The molecule has 0 fully saturated rings. The van der Waals surface area contributed by atoms with Crippen LogP contribution in [0.1, 0.15) is 0 Å². The minimum absolute atomic E-state index is 0. The monoisotopic (exact) mass is 834 g/mol. The molecule has 8 rings (SSSR count). The number of benzene rings is 8. The Balaban J connectivity index is 0.000000167. The van der Waals surface area contributed by atoms with Gasteiger partial charge in [-0.15, -0.1) is 0 Å². The molecule has 0 aromatic heterocycles. The van der Waals surface area contributed by atoms with Gasteiger partial charge >= 0.3 is 0 Å². The van der Waals surface area contributed by atoms with E-state index in [0.29, 0.717) is 46.0 Å². The molecule has 8 nitrogen and oxygen atoms in total. The topological polar surface area (TPSA) is 73.8 Å². The summed E-state index contributed by atoms with van der Waals surface area (Å²) in [6.45, 7) is 0. The fourth-order valence-electron chi connectivity index (χ4n) is 4.19. The van der Waals surface area contributed by atoms with Crippen molar-refractivity contribution in [1.82, 2.24) is 0 Å². The Labute approximate surface area is 352 Å². The zero-order valence-electron chi connectivity index (χ0n) is 30.9. The molecule has 8 aromatic carbocycles. The zero-order valence-corrected chi connectivity index (χ0v) is 33.3. The summed E-state index contributed by atoms with van der Waals surface area (Å²) in [7, 11) is 0. The van der Waals surface area contributed by atoms with Crippen molar-refractivity contribution in [3.05, 3.63) is 243 Å². The first-order valence-corrected chi connectivity index (χ1v) is 17.6. The third-order valence-corrected chi connectivity index (χ3v) is 6.88. The van der Waals surface area contributed by atoms with Crippen molar-refractivity contribution in [1.29, 1.82) is 0 Å². The van der Waals surface area contributed by atoms with Gasteiger partial charge in [-0.3, -0.25) is 39.1 Å². The van der Waals surface area contributed by atoms with Crippen molar-refractivity contribution in [2.24, 2.45) is 0 Å². The third kappa shape index (κ3) is 18.3. The summed E-state index contributed by atoms with van der Waals surface area (Å²) < 4.78 is 0. The van der Waals surface area contributed by atoms with Gasteiger partial charge in [0, 0.05) is 26.2 Å². The van der Waals surface area contributed by atoms with Crippen LogP contribution in [-0.2, 0) is 26.2 Å². The van der Waals surface area contributed by atoms with Crippen LogP contribution in [-0.4, -0.2) is 0 Å². The molecule has 0 aliphatic heterocycles. The van der Waals surface area contributed by atoms with Crippen LogP contribution in [0.15, 0.2) is 243 Å². The van der Waals surface area contributed by atoms with Crippen molar-refractivity contribution in [2.75, 3.05) is 0 Å². The van der Waals surface area contributed by atoms with E-state index in [-0.39, 0.29) is 26.2 Å². The van der Waals surface area contributed by atoms with Crippen LogP contribution in [0.3, 0.4) is 0 Å². The van der Waals surface area contributed by atoms with Crippen LogP contribution in [0.4, 0.5) is 0 Å². The molecule has 0 saturated carbocycles. The van der Waals surface area contributed by atoms with Gasteiger partial charge in [0.2, 0.25) is 0 Å². The second kappa shape index (κ2) is 26.8. The van der Waals surface area contributed by atoms with E-state index in [9.17, 15) is 0 Å². The predicted octanol–water partition coefficient (Wildman–Crippen LogP) is 12.2. The van der Waals surface area contributed by atoms with Gasteiger partial charge in [0.15, 0.2) is 46.0 Å². The first-order valence-electron chi connectivity index (χ1n) is 17.6. The number of hydrogen-bond acceptors (Lipinski definition) is 8. The Morgan fingerprint density at radius 2 is 0.228 bits per heavy atom. The Kier molecular flexibility index (Phi) is 20.1. The van der Waals surface area contributed by atoms with Crippen LogP contribution < -0.4 is 39.1 Å². The van der Waals surface area contributed by atoms with E-state index in [1.54, 1.807) is 0 Å². The summed E-state index contributed by atoms with van der Waals surface area (Å²) in [4.78, 5) is 40.7. The standard InChI is InChI=1S/4C12H10O2.Zr/c4*1-3-7-11(8-4-1)13-14-12-9-5-2-6-10-12;/h4*1-10H;. The number of rotatable bonds is 12.